The van der Waals surface area contributed by atoms with E-state index in [0.29, 0.717) is 0 Å². The molecule has 2 saturated heterocycles. The normalized spacial score (nSPS) is 23.5. The molecule has 3 rings (SSSR count). The topological polar surface area (TPSA) is 15.3 Å². The molecule has 2 nitrogen and oxygen atoms in total. The predicted molar refractivity (Wildman–Crippen MR) is 71.2 cm³/mol. The molecule has 1 aromatic rings. The monoisotopic (exact) mass is 230 g/mol. The molecule has 2 fully saturated rings. The van der Waals surface area contributed by atoms with E-state index in [1.54, 1.807) is 0 Å². The molecule has 0 radical (unpaired) electrons. The Bertz CT molecular complexity index is 337. The predicted octanol–water partition coefficient (Wildman–Crippen LogP) is 2.09. The molecule has 17 heavy (non-hydrogen) atoms. The second-order valence-electron chi connectivity index (χ2n) is 5.52. The van der Waals surface area contributed by atoms with Gasteiger partial charge in [0.05, 0.1) is 0 Å². The molecule has 0 unspecified atom stereocenters. The second kappa shape index (κ2) is 5.19. The van der Waals surface area contributed by atoms with Crippen LogP contribution in [0.2, 0.25) is 0 Å². The van der Waals surface area contributed by atoms with Crippen molar-refractivity contribution in [2.45, 2.75) is 18.8 Å². The zero-order valence-corrected chi connectivity index (χ0v) is 10.4. The molecule has 0 atom stereocenters. The maximum atomic E-state index is 3.44. The highest BCUT2D eigenvalue weighted by atomic mass is 15.2. The number of piperidine rings is 1. The largest absolute Gasteiger partial charge is 0.317 e. The van der Waals surface area contributed by atoms with Crippen molar-refractivity contribution < 1.29 is 0 Å². The van der Waals surface area contributed by atoms with Crippen LogP contribution in [0.25, 0.3) is 0 Å². The van der Waals surface area contributed by atoms with Crippen molar-refractivity contribution in [1.82, 2.24) is 10.2 Å². The molecular formula is C15H22N2. The van der Waals surface area contributed by atoms with Gasteiger partial charge in [-0.1, -0.05) is 30.3 Å². The van der Waals surface area contributed by atoms with Crippen LogP contribution in [0.1, 0.15) is 24.3 Å². The lowest BCUT2D eigenvalue weighted by Crippen LogP contribution is -2.48. The fraction of sp³-hybridized carbons (Fsp3) is 0.600. The van der Waals surface area contributed by atoms with Gasteiger partial charge in [-0.05, 0) is 37.4 Å². The minimum absolute atomic E-state index is 0.790. The van der Waals surface area contributed by atoms with Crippen LogP contribution in [-0.4, -0.2) is 37.6 Å². The molecule has 2 aliphatic heterocycles. The Kier molecular flexibility index (Phi) is 3.44. The molecule has 1 aromatic carbocycles. The maximum absolute atomic E-state index is 3.44. The van der Waals surface area contributed by atoms with E-state index in [0.717, 1.165) is 11.8 Å². The summed E-state index contributed by atoms with van der Waals surface area (Å²) in [6.45, 7) is 6.31. The van der Waals surface area contributed by atoms with Gasteiger partial charge < -0.3 is 10.2 Å². The van der Waals surface area contributed by atoms with E-state index in [1.165, 1.54) is 51.1 Å². The van der Waals surface area contributed by atoms with Crippen LogP contribution < -0.4 is 5.32 Å². The number of nitrogens with zero attached hydrogens (tertiary/aromatic N) is 1. The van der Waals surface area contributed by atoms with Gasteiger partial charge in [0.2, 0.25) is 0 Å². The smallest absolute Gasteiger partial charge is 0.00936 e. The lowest BCUT2D eigenvalue weighted by Gasteiger charge is -2.42. The number of hydrogen-bond donors (Lipinski definition) is 1. The highest BCUT2D eigenvalue weighted by Crippen LogP contribution is 2.28. The van der Waals surface area contributed by atoms with Crippen LogP contribution in [0.5, 0.6) is 0 Å². The Labute approximate surface area is 104 Å². The SMILES string of the molecule is c1ccc(C2CN(CC3CCNCC3)C2)cc1. The number of rotatable bonds is 3. The van der Waals surface area contributed by atoms with Crippen LogP contribution in [-0.2, 0) is 0 Å². The third-order valence-electron chi connectivity index (χ3n) is 4.20. The standard InChI is InChI=1S/C15H22N2/c1-2-4-14(5-3-1)15-11-17(12-15)10-13-6-8-16-9-7-13/h1-5,13,15-16H,6-12H2. The average Bonchev–Trinajstić information content (AvgIpc) is 2.36. The molecule has 2 heterocycles. The molecule has 0 spiro atoms. The first-order valence-corrected chi connectivity index (χ1v) is 6.90. The van der Waals surface area contributed by atoms with Crippen molar-refractivity contribution in [2.24, 2.45) is 5.92 Å². The van der Waals surface area contributed by atoms with Gasteiger partial charge in [-0.25, -0.2) is 0 Å². The Morgan fingerprint density at radius 1 is 1.06 bits per heavy atom. The van der Waals surface area contributed by atoms with E-state index >= 15 is 0 Å². The zero-order chi connectivity index (χ0) is 11.5. The van der Waals surface area contributed by atoms with E-state index in [9.17, 15) is 0 Å². The number of nitrogens with one attached hydrogen (secondary N) is 1. The van der Waals surface area contributed by atoms with E-state index in [-0.39, 0.29) is 0 Å². The van der Waals surface area contributed by atoms with E-state index in [4.69, 9.17) is 0 Å². The molecule has 0 amide bonds. The quantitative estimate of drug-likeness (QED) is 0.855. The third kappa shape index (κ3) is 2.70. The molecule has 1 N–H and O–H groups in total. The van der Waals surface area contributed by atoms with Crippen LogP contribution in [0.3, 0.4) is 0 Å². The van der Waals surface area contributed by atoms with Crippen molar-refractivity contribution in [3.05, 3.63) is 35.9 Å². The molecule has 0 aliphatic carbocycles. The van der Waals surface area contributed by atoms with Gasteiger partial charge in [0.15, 0.2) is 0 Å². The minimum atomic E-state index is 0.790. The van der Waals surface area contributed by atoms with Gasteiger partial charge in [0.25, 0.3) is 0 Å². The summed E-state index contributed by atoms with van der Waals surface area (Å²) in [5.74, 6) is 1.73. The van der Waals surface area contributed by atoms with Gasteiger partial charge >= 0.3 is 0 Å². The van der Waals surface area contributed by atoms with Gasteiger partial charge in [-0.2, -0.15) is 0 Å². The molecule has 2 aliphatic rings. The summed E-state index contributed by atoms with van der Waals surface area (Å²) in [6.07, 6.45) is 2.74. The first kappa shape index (κ1) is 11.2. The summed E-state index contributed by atoms with van der Waals surface area (Å²) in [5.41, 5.74) is 1.52. The minimum Gasteiger partial charge on any atom is -0.317 e. The van der Waals surface area contributed by atoms with E-state index in [2.05, 4.69) is 40.5 Å². The Morgan fingerprint density at radius 3 is 2.47 bits per heavy atom. The Balaban J connectivity index is 1.45. The van der Waals surface area contributed by atoms with Crippen molar-refractivity contribution in [3.63, 3.8) is 0 Å². The van der Waals surface area contributed by atoms with Crippen molar-refractivity contribution in [1.29, 1.82) is 0 Å². The van der Waals surface area contributed by atoms with Gasteiger partial charge in [0, 0.05) is 25.6 Å². The van der Waals surface area contributed by atoms with Crippen LogP contribution in [0.4, 0.5) is 0 Å². The Morgan fingerprint density at radius 2 is 1.76 bits per heavy atom. The van der Waals surface area contributed by atoms with Gasteiger partial charge in [0.1, 0.15) is 0 Å². The molecule has 92 valence electrons. The number of hydrogen-bond acceptors (Lipinski definition) is 2. The summed E-state index contributed by atoms with van der Waals surface area (Å²) in [5, 5.41) is 3.44. The molecule has 0 saturated carbocycles. The van der Waals surface area contributed by atoms with Crippen LogP contribution in [0.15, 0.2) is 30.3 Å². The average molecular weight is 230 g/mol. The number of benzene rings is 1. The summed E-state index contributed by atoms with van der Waals surface area (Å²) in [6, 6.07) is 11.0. The van der Waals surface area contributed by atoms with Crippen molar-refractivity contribution in [2.75, 3.05) is 32.7 Å². The van der Waals surface area contributed by atoms with E-state index in [1.807, 2.05) is 0 Å². The van der Waals surface area contributed by atoms with Crippen molar-refractivity contribution >= 4 is 0 Å². The zero-order valence-electron chi connectivity index (χ0n) is 10.4. The van der Waals surface area contributed by atoms with Gasteiger partial charge in [-0.3, -0.25) is 0 Å². The Hall–Kier alpha value is -0.860. The van der Waals surface area contributed by atoms with E-state index < -0.39 is 0 Å². The first-order valence-electron chi connectivity index (χ1n) is 6.90. The summed E-state index contributed by atoms with van der Waals surface area (Å²) < 4.78 is 0. The summed E-state index contributed by atoms with van der Waals surface area (Å²) in [7, 11) is 0. The maximum Gasteiger partial charge on any atom is 0.00936 e. The van der Waals surface area contributed by atoms with Crippen LogP contribution >= 0.6 is 0 Å². The molecular weight excluding hydrogens is 208 g/mol. The van der Waals surface area contributed by atoms with Crippen LogP contribution in [0, 0.1) is 5.92 Å². The fourth-order valence-corrected chi connectivity index (χ4v) is 3.08. The fourth-order valence-electron chi connectivity index (χ4n) is 3.08. The van der Waals surface area contributed by atoms with Crippen molar-refractivity contribution in [3.8, 4) is 0 Å². The molecule has 2 heteroatoms. The first-order chi connectivity index (χ1) is 8.42. The highest BCUT2D eigenvalue weighted by Gasteiger charge is 2.29. The summed E-state index contributed by atoms with van der Waals surface area (Å²) in [4.78, 5) is 2.63. The molecule has 0 aromatic heterocycles. The lowest BCUT2D eigenvalue weighted by molar-refractivity contribution is 0.113. The summed E-state index contributed by atoms with van der Waals surface area (Å²) >= 11 is 0. The number of likely N-dealkylation sites (tertiary alicyclic amines) is 1. The lowest BCUT2D eigenvalue weighted by atomic mass is 9.89. The third-order valence-corrected chi connectivity index (χ3v) is 4.20. The highest BCUT2D eigenvalue weighted by molar-refractivity contribution is 5.22. The van der Waals surface area contributed by atoms with Gasteiger partial charge in [-0.15, -0.1) is 0 Å². The molecule has 0 bridgehead atoms. The second-order valence-corrected chi connectivity index (χ2v) is 5.52.